The second-order valence-electron chi connectivity index (χ2n) is 4.01. The maximum atomic E-state index is 11.7. The number of hydrogen-bond acceptors (Lipinski definition) is 2. The van der Waals surface area contributed by atoms with Crippen LogP contribution in [0.4, 0.5) is 0 Å². The normalized spacial score (nSPS) is 22.1. The molecule has 0 aromatic heterocycles. The highest BCUT2D eigenvalue weighted by Crippen LogP contribution is 2.12. The van der Waals surface area contributed by atoms with Gasteiger partial charge in [0.1, 0.15) is 0 Å². The number of hydrogen-bond donors (Lipinski definition) is 0. The Morgan fingerprint density at radius 3 is 2.43 bits per heavy atom. The smallest absolute Gasteiger partial charge is 0.242 e. The van der Waals surface area contributed by atoms with E-state index in [1.54, 1.807) is 4.90 Å². The van der Waals surface area contributed by atoms with Gasteiger partial charge in [-0.2, -0.15) is 0 Å². The Labute approximate surface area is 83.9 Å². The van der Waals surface area contributed by atoms with Gasteiger partial charge in [-0.05, 0) is 19.3 Å². The lowest BCUT2D eigenvalue weighted by atomic mass is 10.4. The molecule has 0 bridgehead atoms. The van der Waals surface area contributed by atoms with Crippen LogP contribution in [0.5, 0.6) is 0 Å². The minimum absolute atomic E-state index is 0.123. The van der Waals surface area contributed by atoms with Crippen molar-refractivity contribution in [1.29, 1.82) is 0 Å². The number of amides is 2. The number of carbonyl (C=O) groups excluding carboxylic acids is 2. The molecule has 0 aromatic carbocycles. The quantitative estimate of drug-likeness (QED) is 0.634. The van der Waals surface area contributed by atoms with E-state index in [9.17, 15) is 9.59 Å². The van der Waals surface area contributed by atoms with Crippen molar-refractivity contribution < 1.29 is 9.59 Å². The lowest BCUT2D eigenvalue weighted by Crippen LogP contribution is -2.39. The second-order valence-corrected chi connectivity index (χ2v) is 4.01. The summed E-state index contributed by atoms with van der Waals surface area (Å²) < 4.78 is 0. The van der Waals surface area contributed by atoms with Gasteiger partial charge in [0.15, 0.2) is 0 Å². The van der Waals surface area contributed by atoms with E-state index in [-0.39, 0.29) is 11.8 Å². The van der Waals surface area contributed by atoms with Crippen LogP contribution in [0.2, 0.25) is 0 Å². The highest BCUT2D eigenvalue weighted by atomic mass is 16.2. The predicted octanol–water partition coefficient (Wildman–Crippen LogP) is 0.231. The first kappa shape index (κ1) is 9.49. The first-order valence-electron chi connectivity index (χ1n) is 5.33. The summed E-state index contributed by atoms with van der Waals surface area (Å²) in [6.07, 6.45) is 3.75. The van der Waals surface area contributed by atoms with Gasteiger partial charge < -0.3 is 9.80 Å². The number of likely N-dealkylation sites (tertiary alicyclic amines) is 2. The van der Waals surface area contributed by atoms with E-state index in [2.05, 4.69) is 0 Å². The van der Waals surface area contributed by atoms with Gasteiger partial charge in [-0.25, -0.2) is 0 Å². The molecule has 14 heavy (non-hydrogen) atoms. The maximum Gasteiger partial charge on any atom is 0.242 e. The van der Waals surface area contributed by atoms with Crippen molar-refractivity contribution >= 4 is 11.8 Å². The van der Waals surface area contributed by atoms with Crippen molar-refractivity contribution in [3.8, 4) is 0 Å². The summed E-state index contributed by atoms with van der Waals surface area (Å²) in [6.45, 7) is 2.82. The fraction of sp³-hybridized carbons (Fsp3) is 0.800. The summed E-state index contributed by atoms with van der Waals surface area (Å²) in [4.78, 5) is 26.5. The van der Waals surface area contributed by atoms with Gasteiger partial charge >= 0.3 is 0 Å². The molecule has 2 saturated heterocycles. The van der Waals surface area contributed by atoms with Gasteiger partial charge in [0, 0.05) is 26.1 Å². The molecular weight excluding hydrogens is 180 g/mol. The van der Waals surface area contributed by atoms with E-state index < -0.39 is 0 Å². The molecule has 0 spiro atoms. The highest BCUT2D eigenvalue weighted by molar-refractivity contribution is 5.85. The molecule has 0 unspecified atom stereocenters. The van der Waals surface area contributed by atoms with Crippen LogP contribution in [-0.4, -0.2) is 47.8 Å². The van der Waals surface area contributed by atoms with Crippen LogP contribution in [0.15, 0.2) is 0 Å². The monoisotopic (exact) mass is 196 g/mol. The van der Waals surface area contributed by atoms with Crippen molar-refractivity contribution in [2.24, 2.45) is 0 Å². The number of rotatable bonds is 2. The third-order valence-corrected chi connectivity index (χ3v) is 2.96. The van der Waals surface area contributed by atoms with Crippen LogP contribution < -0.4 is 0 Å². The molecule has 2 aliphatic rings. The summed E-state index contributed by atoms with van der Waals surface area (Å²) in [6, 6.07) is 0. The van der Waals surface area contributed by atoms with E-state index in [1.165, 1.54) is 0 Å². The van der Waals surface area contributed by atoms with Crippen molar-refractivity contribution in [2.45, 2.75) is 25.7 Å². The molecule has 0 N–H and O–H groups in total. The fourth-order valence-electron chi connectivity index (χ4n) is 2.10. The van der Waals surface area contributed by atoms with Gasteiger partial charge in [0.25, 0.3) is 0 Å². The molecule has 2 amide bonds. The molecule has 0 aromatic rings. The Morgan fingerprint density at radius 2 is 1.86 bits per heavy atom. The Hall–Kier alpha value is -1.06. The first-order valence-corrected chi connectivity index (χ1v) is 5.33. The average molecular weight is 196 g/mol. The van der Waals surface area contributed by atoms with Crippen molar-refractivity contribution in [3.05, 3.63) is 0 Å². The molecule has 2 aliphatic heterocycles. The van der Waals surface area contributed by atoms with E-state index in [0.717, 1.165) is 38.9 Å². The van der Waals surface area contributed by atoms with Crippen LogP contribution in [0.25, 0.3) is 0 Å². The summed E-state index contributed by atoms with van der Waals surface area (Å²) in [5.74, 6) is 0.260. The van der Waals surface area contributed by atoms with E-state index >= 15 is 0 Å². The standard InChI is InChI=1S/C10H16N2O2/c13-9-4-3-7-12(9)8-10(14)11-5-1-2-6-11/h1-8H2. The van der Waals surface area contributed by atoms with Gasteiger partial charge in [-0.3, -0.25) is 9.59 Å². The highest BCUT2D eigenvalue weighted by Gasteiger charge is 2.25. The minimum Gasteiger partial charge on any atom is -0.341 e. The van der Waals surface area contributed by atoms with Crippen molar-refractivity contribution in [1.82, 2.24) is 9.80 Å². The Morgan fingerprint density at radius 1 is 1.14 bits per heavy atom. The van der Waals surface area contributed by atoms with E-state index in [4.69, 9.17) is 0 Å². The van der Waals surface area contributed by atoms with Crippen LogP contribution in [0, 0.1) is 0 Å². The Balaban J connectivity index is 1.84. The molecular formula is C10H16N2O2. The Kier molecular flexibility index (Phi) is 2.70. The third kappa shape index (κ3) is 1.89. The molecule has 0 radical (unpaired) electrons. The minimum atomic E-state index is 0.123. The van der Waals surface area contributed by atoms with Gasteiger partial charge in [0.2, 0.25) is 11.8 Å². The lowest BCUT2D eigenvalue weighted by Gasteiger charge is -2.20. The zero-order valence-corrected chi connectivity index (χ0v) is 8.37. The zero-order chi connectivity index (χ0) is 9.97. The molecule has 0 atom stereocenters. The summed E-state index contributed by atoms with van der Waals surface area (Å²) in [7, 11) is 0. The summed E-state index contributed by atoms with van der Waals surface area (Å²) >= 11 is 0. The fourth-order valence-corrected chi connectivity index (χ4v) is 2.10. The maximum absolute atomic E-state index is 11.7. The summed E-state index contributed by atoms with van der Waals surface area (Å²) in [5.41, 5.74) is 0. The van der Waals surface area contributed by atoms with Gasteiger partial charge in [-0.15, -0.1) is 0 Å². The van der Waals surface area contributed by atoms with Crippen LogP contribution in [0.3, 0.4) is 0 Å². The molecule has 4 heteroatoms. The molecule has 2 fully saturated rings. The second kappa shape index (κ2) is 3.98. The molecule has 0 saturated carbocycles. The third-order valence-electron chi connectivity index (χ3n) is 2.96. The molecule has 78 valence electrons. The van der Waals surface area contributed by atoms with Crippen LogP contribution in [-0.2, 0) is 9.59 Å². The van der Waals surface area contributed by atoms with Gasteiger partial charge in [-0.1, -0.05) is 0 Å². The van der Waals surface area contributed by atoms with E-state index in [1.807, 2.05) is 4.90 Å². The van der Waals surface area contributed by atoms with Gasteiger partial charge in [0.05, 0.1) is 6.54 Å². The molecule has 4 nitrogen and oxygen atoms in total. The Bertz CT molecular complexity index is 247. The first-order chi connectivity index (χ1) is 6.77. The molecule has 0 aliphatic carbocycles. The summed E-state index contributed by atoms with van der Waals surface area (Å²) in [5, 5.41) is 0. The van der Waals surface area contributed by atoms with Crippen LogP contribution in [0.1, 0.15) is 25.7 Å². The van der Waals surface area contributed by atoms with Crippen molar-refractivity contribution in [3.63, 3.8) is 0 Å². The lowest BCUT2D eigenvalue weighted by molar-refractivity contribution is -0.137. The average Bonchev–Trinajstić information content (AvgIpc) is 2.77. The SMILES string of the molecule is O=C(CN1CCCC1=O)N1CCCC1. The molecule has 2 rings (SSSR count). The predicted molar refractivity (Wildman–Crippen MR) is 51.6 cm³/mol. The largest absolute Gasteiger partial charge is 0.341 e. The zero-order valence-electron chi connectivity index (χ0n) is 8.37. The number of nitrogens with zero attached hydrogens (tertiary/aromatic N) is 2. The molecule has 2 heterocycles. The number of carbonyl (C=O) groups is 2. The van der Waals surface area contributed by atoms with Crippen LogP contribution >= 0.6 is 0 Å². The van der Waals surface area contributed by atoms with Crippen molar-refractivity contribution in [2.75, 3.05) is 26.2 Å². The van der Waals surface area contributed by atoms with E-state index in [0.29, 0.717) is 13.0 Å². The topological polar surface area (TPSA) is 40.6 Å².